The normalized spacial score (nSPS) is 31.4. The van der Waals surface area contributed by atoms with E-state index in [4.69, 9.17) is 9.84 Å². The third-order valence-electron chi connectivity index (χ3n) is 3.47. The lowest BCUT2D eigenvalue weighted by atomic mass is 9.91. The molecule has 9 nitrogen and oxygen atoms in total. The standard InChI is InChI=1S/C13H22O9/c1-2-21-13(20)6(4-14)3-7(15)10(18)12-11(19)9(17)8(16)5-22-12/h6,8-12,14,16-19H,2-5H2,1H3/t6-,8-,9+,10?,11?,12+/m1/s1. The lowest BCUT2D eigenvalue weighted by Gasteiger charge is -2.37. The molecule has 0 aromatic carbocycles. The molecule has 0 aromatic heterocycles. The summed E-state index contributed by atoms with van der Waals surface area (Å²) in [5, 5.41) is 47.6. The summed E-state index contributed by atoms with van der Waals surface area (Å²) in [6, 6.07) is 0. The van der Waals surface area contributed by atoms with Gasteiger partial charge < -0.3 is 35.0 Å². The zero-order chi connectivity index (χ0) is 16.9. The Labute approximate surface area is 127 Å². The maximum absolute atomic E-state index is 11.9. The Bertz CT molecular complexity index is 386. The molecule has 0 amide bonds. The van der Waals surface area contributed by atoms with Crippen molar-refractivity contribution in [2.75, 3.05) is 19.8 Å². The molecule has 2 unspecified atom stereocenters. The highest BCUT2D eigenvalue weighted by Crippen LogP contribution is 2.20. The van der Waals surface area contributed by atoms with Gasteiger partial charge in [-0.2, -0.15) is 0 Å². The van der Waals surface area contributed by atoms with Crippen LogP contribution in [0.4, 0.5) is 0 Å². The quantitative estimate of drug-likeness (QED) is 0.308. The fourth-order valence-corrected chi connectivity index (χ4v) is 2.14. The van der Waals surface area contributed by atoms with E-state index in [2.05, 4.69) is 4.74 Å². The van der Waals surface area contributed by atoms with Crippen LogP contribution in [-0.4, -0.2) is 87.6 Å². The molecule has 1 rings (SSSR count). The number of hydrogen-bond acceptors (Lipinski definition) is 9. The summed E-state index contributed by atoms with van der Waals surface area (Å²) >= 11 is 0. The second-order valence-corrected chi connectivity index (χ2v) is 5.09. The molecule has 0 spiro atoms. The second kappa shape index (κ2) is 8.51. The van der Waals surface area contributed by atoms with Gasteiger partial charge in [-0.1, -0.05) is 0 Å². The van der Waals surface area contributed by atoms with Crippen LogP contribution in [0.2, 0.25) is 0 Å². The van der Waals surface area contributed by atoms with Crippen molar-refractivity contribution in [2.45, 2.75) is 43.9 Å². The zero-order valence-corrected chi connectivity index (χ0v) is 12.2. The third-order valence-corrected chi connectivity index (χ3v) is 3.47. The van der Waals surface area contributed by atoms with E-state index in [9.17, 15) is 30.0 Å². The maximum atomic E-state index is 11.9. The van der Waals surface area contributed by atoms with Crippen LogP contribution in [-0.2, 0) is 19.1 Å². The van der Waals surface area contributed by atoms with E-state index < -0.39 is 61.2 Å². The smallest absolute Gasteiger partial charge is 0.311 e. The van der Waals surface area contributed by atoms with E-state index in [0.29, 0.717) is 0 Å². The second-order valence-electron chi connectivity index (χ2n) is 5.09. The molecule has 1 heterocycles. The predicted molar refractivity (Wildman–Crippen MR) is 70.6 cm³/mol. The number of hydrogen-bond donors (Lipinski definition) is 5. The van der Waals surface area contributed by atoms with Crippen LogP contribution in [0.5, 0.6) is 0 Å². The van der Waals surface area contributed by atoms with E-state index in [1.807, 2.05) is 0 Å². The Kier molecular flexibility index (Phi) is 7.33. The SMILES string of the molecule is CCOC(=O)[C@@H](CO)CC(=O)C(O)[C@@H]1OC[C@@H](O)[C@H](O)C1O. The summed E-state index contributed by atoms with van der Waals surface area (Å²) in [6.45, 7) is 0.670. The van der Waals surface area contributed by atoms with Gasteiger partial charge in [-0.3, -0.25) is 9.59 Å². The fourth-order valence-electron chi connectivity index (χ4n) is 2.14. The van der Waals surface area contributed by atoms with Crippen molar-refractivity contribution in [1.82, 2.24) is 0 Å². The van der Waals surface area contributed by atoms with Gasteiger partial charge in [-0.15, -0.1) is 0 Å². The highest BCUT2D eigenvalue weighted by Gasteiger charge is 2.43. The Morgan fingerprint density at radius 2 is 1.91 bits per heavy atom. The summed E-state index contributed by atoms with van der Waals surface area (Å²) in [5.74, 6) is -2.75. The lowest BCUT2D eigenvalue weighted by molar-refractivity contribution is -0.210. The summed E-state index contributed by atoms with van der Waals surface area (Å²) in [6.07, 6.45) is -8.26. The molecule has 5 N–H and O–H groups in total. The van der Waals surface area contributed by atoms with E-state index >= 15 is 0 Å². The third kappa shape index (κ3) is 4.45. The first-order valence-electron chi connectivity index (χ1n) is 6.97. The molecular formula is C13H22O9. The maximum Gasteiger partial charge on any atom is 0.311 e. The molecule has 1 fully saturated rings. The van der Waals surface area contributed by atoms with Gasteiger partial charge in [-0.25, -0.2) is 0 Å². The van der Waals surface area contributed by atoms with E-state index in [-0.39, 0.29) is 13.2 Å². The van der Waals surface area contributed by atoms with Crippen LogP contribution >= 0.6 is 0 Å². The number of esters is 1. The highest BCUT2D eigenvalue weighted by molar-refractivity contribution is 5.88. The molecule has 128 valence electrons. The first kappa shape index (κ1) is 18.9. The number of carbonyl (C=O) groups excluding carboxylic acids is 2. The predicted octanol–water partition coefficient (Wildman–Crippen LogP) is -3.04. The molecule has 0 radical (unpaired) electrons. The Hall–Kier alpha value is -1.10. The van der Waals surface area contributed by atoms with Crippen LogP contribution in [0.3, 0.4) is 0 Å². The molecule has 9 heteroatoms. The lowest BCUT2D eigenvalue weighted by Crippen LogP contribution is -2.58. The molecule has 6 atom stereocenters. The van der Waals surface area contributed by atoms with Crippen LogP contribution in [0.1, 0.15) is 13.3 Å². The van der Waals surface area contributed by atoms with Crippen molar-refractivity contribution in [3.8, 4) is 0 Å². The number of ketones is 1. The van der Waals surface area contributed by atoms with Crippen molar-refractivity contribution in [3.63, 3.8) is 0 Å². The first-order chi connectivity index (χ1) is 10.3. The number of aliphatic hydroxyl groups is 5. The monoisotopic (exact) mass is 322 g/mol. The van der Waals surface area contributed by atoms with E-state index in [0.717, 1.165) is 0 Å². The van der Waals surface area contributed by atoms with E-state index in [1.165, 1.54) is 0 Å². The fraction of sp³-hybridized carbons (Fsp3) is 0.846. The zero-order valence-electron chi connectivity index (χ0n) is 12.2. The Morgan fingerprint density at radius 1 is 1.27 bits per heavy atom. The largest absolute Gasteiger partial charge is 0.466 e. The Morgan fingerprint density at radius 3 is 2.45 bits per heavy atom. The molecule has 22 heavy (non-hydrogen) atoms. The summed E-state index contributed by atoms with van der Waals surface area (Å²) < 4.78 is 9.66. The molecule has 0 saturated carbocycles. The van der Waals surface area contributed by atoms with Gasteiger partial charge in [0.05, 0.1) is 25.7 Å². The minimum absolute atomic E-state index is 0.0839. The van der Waals surface area contributed by atoms with Gasteiger partial charge in [-0.05, 0) is 6.92 Å². The van der Waals surface area contributed by atoms with Crippen molar-refractivity contribution < 1.29 is 44.6 Å². The van der Waals surface area contributed by atoms with Gasteiger partial charge in [0.15, 0.2) is 5.78 Å². The average molecular weight is 322 g/mol. The van der Waals surface area contributed by atoms with Gasteiger partial charge in [0.25, 0.3) is 0 Å². The van der Waals surface area contributed by atoms with Crippen LogP contribution in [0.15, 0.2) is 0 Å². The van der Waals surface area contributed by atoms with Crippen LogP contribution < -0.4 is 0 Å². The number of aliphatic hydroxyl groups excluding tert-OH is 5. The summed E-state index contributed by atoms with van der Waals surface area (Å²) in [7, 11) is 0. The number of rotatable bonds is 7. The van der Waals surface area contributed by atoms with Crippen molar-refractivity contribution in [1.29, 1.82) is 0 Å². The van der Waals surface area contributed by atoms with Gasteiger partial charge >= 0.3 is 5.97 Å². The molecule has 0 aliphatic carbocycles. The Balaban J connectivity index is 2.66. The van der Waals surface area contributed by atoms with Gasteiger partial charge in [0.1, 0.15) is 30.5 Å². The summed E-state index contributed by atoms with van der Waals surface area (Å²) in [4.78, 5) is 23.4. The van der Waals surface area contributed by atoms with Crippen LogP contribution in [0, 0.1) is 5.92 Å². The first-order valence-corrected chi connectivity index (χ1v) is 6.97. The van der Waals surface area contributed by atoms with Crippen LogP contribution in [0.25, 0.3) is 0 Å². The minimum atomic E-state index is -1.80. The molecular weight excluding hydrogens is 300 g/mol. The van der Waals surface area contributed by atoms with Gasteiger partial charge in [0, 0.05) is 6.42 Å². The molecule has 0 aromatic rings. The number of Topliss-reactive ketones (excluding diaryl/α,β-unsaturated/α-hetero) is 1. The molecule has 1 aliphatic heterocycles. The van der Waals surface area contributed by atoms with E-state index in [1.54, 1.807) is 6.92 Å². The van der Waals surface area contributed by atoms with Gasteiger partial charge in [0.2, 0.25) is 0 Å². The minimum Gasteiger partial charge on any atom is -0.466 e. The number of ether oxygens (including phenoxy) is 2. The van der Waals surface area contributed by atoms with Crippen molar-refractivity contribution in [3.05, 3.63) is 0 Å². The van der Waals surface area contributed by atoms with Crippen molar-refractivity contribution in [2.24, 2.45) is 5.92 Å². The van der Waals surface area contributed by atoms with Crippen molar-refractivity contribution >= 4 is 11.8 Å². The highest BCUT2D eigenvalue weighted by atomic mass is 16.5. The number of carbonyl (C=O) groups is 2. The summed E-state index contributed by atoms with van der Waals surface area (Å²) in [5.41, 5.74) is 0. The average Bonchev–Trinajstić information content (AvgIpc) is 2.49. The topological polar surface area (TPSA) is 154 Å². The molecule has 1 aliphatic rings. The molecule has 1 saturated heterocycles. The molecule has 0 bridgehead atoms.